The maximum Gasteiger partial charge on any atom is 0.330 e. The van der Waals surface area contributed by atoms with Crippen molar-refractivity contribution in [3.8, 4) is 0 Å². The number of methoxy groups -OCH3 is 1. The highest BCUT2D eigenvalue weighted by Crippen LogP contribution is 2.25. The summed E-state index contributed by atoms with van der Waals surface area (Å²) in [7, 11) is 1.46. The molecule has 0 aliphatic heterocycles. The Hall–Kier alpha value is -3.07. The molecule has 0 spiro atoms. The number of hydrogen-bond donors (Lipinski definition) is 2. The van der Waals surface area contributed by atoms with Crippen LogP contribution in [0.15, 0.2) is 58.1 Å². The van der Waals surface area contributed by atoms with E-state index in [1.807, 2.05) is 30.3 Å². The van der Waals surface area contributed by atoms with Crippen LogP contribution in [0, 0.1) is 0 Å². The van der Waals surface area contributed by atoms with Gasteiger partial charge in [0.05, 0.1) is 23.2 Å². The lowest BCUT2D eigenvalue weighted by molar-refractivity contribution is 0.0975. The summed E-state index contributed by atoms with van der Waals surface area (Å²) in [5, 5.41) is 0.477. The third-order valence-corrected chi connectivity index (χ3v) is 5.34. The second-order valence-electron chi connectivity index (χ2n) is 6.64. The van der Waals surface area contributed by atoms with E-state index >= 15 is 0 Å². The van der Waals surface area contributed by atoms with Crippen LogP contribution >= 0.6 is 23.2 Å². The first-order chi connectivity index (χ1) is 14.8. The van der Waals surface area contributed by atoms with Gasteiger partial charge in [-0.25, -0.2) is 4.79 Å². The van der Waals surface area contributed by atoms with Crippen LogP contribution in [0.25, 0.3) is 0 Å². The Morgan fingerprint density at radius 1 is 1.13 bits per heavy atom. The fourth-order valence-corrected chi connectivity index (χ4v) is 3.34. The zero-order valence-corrected chi connectivity index (χ0v) is 18.1. The summed E-state index contributed by atoms with van der Waals surface area (Å²) in [6.45, 7) is 0.268. The number of hydrogen-bond acceptors (Lipinski definition) is 5. The molecule has 1 heterocycles. The molecule has 0 radical (unpaired) electrons. The summed E-state index contributed by atoms with van der Waals surface area (Å²) >= 11 is 12.0. The van der Waals surface area contributed by atoms with Gasteiger partial charge in [-0.15, -0.1) is 0 Å². The molecule has 0 fully saturated rings. The van der Waals surface area contributed by atoms with Gasteiger partial charge in [0.2, 0.25) is 0 Å². The zero-order chi connectivity index (χ0) is 22.5. The third-order valence-electron chi connectivity index (χ3n) is 4.60. The molecule has 31 heavy (non-hydrogen) atoms. The minimum absolute atomic E-state index is 0.0202. The van der Waals surface area contributed by atoms with E-state index in [2.05, 4.69) is 4.98 Å². The van der Waals surface area contributed by atoms with Gasteiger partial charge in [-0.05, 0) is 23.8 Å². The molecule has 2 aromatic carbocycles. The van der Waals surface area contributed by atoms with Crippen molar-refractivity contribution in [2.75, 3.05) is 30.9 Å². The Morgan fingerprint density at radius 3 is 2.48 bits per heavy atom. The van der Waals surface area contributed by atoms with Crippen LogP contribution in [-0.4, -0.2) is 35.7 Å². The van der Waals surface area contributed by atoms with Crippen LogP contribution in [0.1, 0.15) is 15.9 Å². The number of nitrogen functional groups attached to an aromatic ring is 1. The predicted molar refractivity (Wildman–Crippen MR) is 121 cm³/mol. The molecule has 0 unspecified atom stereocenters. The predicted octanol–water partition coefficient (Wildman–Crippen LogP) is 2.77. The van der Waals surface area contributed by atoms with Gasteiger partial charge in [0.1, 0.15) is 5.82 Å². The number of nitrogens with zero attached hydrogens (tertiary/aromatic N) is 2. The number of halogens is 2. The van der Waals surface area contributed by atoms with E-state index in [0.29, 0.717) is 0 Å². The number of aromatic amines is 1. The van der Waals surface area contributed by atoms with Gasteiger partial charge in [-0.2, -0.15) is 0 Å². The first-order valence-corrected chi connectivity index (χ1v) is 10.0. The highest BCUT2D eigenvalue weighted by atomic mass is 35.5. The Labute approximate surface area is 187 Å². The summed E-state index contributed by atoms with van der Waals surface area (Å²) in [6, 6.07) is 13.5. The van der Waals surface area contributed by atoms with Crippen molar-refractivity contribution < 1.29 is 9.53 Å². The van der Waals surface area contributed by atoms with Crippen molar-refractivity contribution in [3.05, 3.63) is 90.5 Å². The van der Waals surface area contributed by atoms with Gasteiger partial charge >= 0.3 is 5.69 Å². The number of anilines is 2. The Morgan fingerprint density at radius 2 is 1.84 bits per heavy atom. The van der Waals surface area contributed by atoms with Gasteiger partial charge in [0, 0.05) is 19.2 Å². The fraction of sp³-hybridized carbons (Fsp3) is 0.190. The lowest BCUT2D eigenvalue weighted by atomic mass is 10.2. The second-order valence-corrected chi connectivity index (χ2v) is 7.46. The monoisotopic (exact) mass is 462 g/mol. The van der Waals surface area contributed by atoms with Gasteiger partial charge in [0.15, 0.2) is 5.69 Å². The Kier molecular flexibility index (Phi) is 7.17. The number of rotatable bonds is 7. The van der Waals surface area contributed by atoms with Crippen LogP contribution in [0.4, 0.5) is 11.5 Å². The van der Waals surface area contributed by atoms with Crippen molar-refractivity contribution in [1.82, 2.24) is 9.55 Å². The molecule has 1 aromatic heterocycles. The van der Waals surface area contributed by atoms with E-state index in [0.717, 1.165) is 10.5 Å². The standard InChI is InChI=1S/C21H20Cl2N4O4/c1-31-10-9-26(20(29)14-7-8-15(22)16(23)11-14)17-18(24)27(21(30)25-19(17)28)12-13-5-3-2-4-6-13/h2-8,11H,9-10,12,24H2,1H3,(H,25,28,30). The van der Waals surface area contributed by atoms with Crippen LogP contribution in [-0.2, 0) is 11.3 Å². The number of nitrogens with two attached hydrogens (primary N) is 1. The fourth-order valence-electron chi connectivity index (χ4n) is 3.04. The number of aromatic nitrogens is 2. The molecule has 3 rings (SSSR count). The van der Waals surface area contributed by atoms with E-state index in [-0.39, 0.29) is 46.8 Å². The maximum absolute atomic E-state index is 13.2. The number of carbonyl (C=O) groups is 1. The maximum atomic E-state index is 13.2. The van der Waals surface area contributed by atoms with Crippen molar-refractivity contribution in [2.24, 2.45) is 0 Å². The van der Waals surface area contributed by atoms with Crippen LogP contribution in [0.3, 0.4) is 0 Å². The quantitative estimate of drug-likeness (QED) is 0.560. The van der Waals surface area contributed by atoms with Crippen molar-refractivity contribution >= 4 is 40.6 Å². The summed E-state index contributed by atoms with van der Waals surface area (Å²) in [5.41, 5.74) is 5.63. The molecule has 8 nitrogen and oxygen atoms in total. The van der Waals surface area contributed by atoms with Crippen molar-refractivity contribution in [2.45, 2.75) is 6.54 Å². The number of H-pyrrole nitrogens is 1. The van der Waals surface area contributed by atoms with E-state index in [1.54, 1.807) is 0 Å². The minimum atomic E-state index is -0.781. The number of benzene rings is 2. The lowest BCUT2D eigenvalue weighted by Gasteiger charge is -2.24. The molecule has 3 aromatic rings. The molecule has 0 saturated heterocycles. The molecular weight excluding hydrogens is 443 g/mol. The van der Waals surface area contributed by atoms with E-state index in [9.17, 15) is 14.4 Å². The molecule has 3 N–H and O–H groups in total. The van der Waals surface area contributed by atoms with E-state index in [4.69, 9.17) is 33.7 Å². The largest absolute Gasteiger partial charge is 0.383 e. The van der Waals surface area contributed by atoms with Crippen LogP contribution in [0.2, 0.25) is 10.0 Å². The second kappa shape index (κ2) is 9.82. The third kappa shape index (κ3) is 4.99. The average molecular weight is 463 g/mol. The van der Waals surface area contributed by atoms with Gasteiger partial charge in [-0.3, -0.25) is 24.0 Å². The van der Waals surface area contributed by atoms with E-state index in [1.165, 1.54) is 29.9 Å². The number of amides is 1. The smallest absolute Gasteiger partial charge is 0.330 e. The molecular formula is C21H20Cl2N4O4. The van der Waals surface area contributed by atoms with Crippen LogP contribution in [0.5, 0.6) is 0 Å². The van der Waals surface area contributed by atoms with Gasteiger partial charge < -0.3 is 10.5 Å². The Bertz CT molecular complexity index is 1210. The highest BCUT2D eigenvalue weighted by molar-refractivity contribution is 6.42. The highest BCUT2D eigenvalue weighted by Gasteiger charge is 2.25. The van der Waals surface area contributed by atoms with E-state index < -0.39 is 17.2 Å². The molecule has 1 amide bonds. The van der Waals surface area contributed by atoms with Crippen molar-refractivity contribution in [1.29, 1.82) is 0 Å². The summed E-state index contributed by atoms with van der Waals surface area (Å²) in [4.78, 5) is 41.8. The first-order valence-electron chi connectivity index (χ1n) is 9.26. The minimum Gasteiger partial charge on any atom is -0.383 e. The lowest BCUT2D eigenvalue weighted by Crippen LogP contribution is -2.42. The summed E-state index contributed by atoms with van der Waals surface area (Å²) < 4.78 is 6.29. The molecule has 162 valence electrons. The normalized spacial score (nSPS) is 10.8. The number of carbonyl (C=O) groups excluding carboxylic acids is 1. The molecule has 0 aliphatic carbocycles. The van der Waals surface area contributed by atoms with Crippen LogP contribution < -0.4 is 21.9 Å². The zero-order valence-electron chi connectivity index (χ0n) is 16.6. The SMILES string of the molecule is COCCN(C(=O)c1ccc(Cl)c(Cl)c1)c1c(N)n(Cc2ccccc2)c(=O)[nH]c1=O. The summed E-state index contributed by atoms with van der Waals surface area (Å²) in [5.74, 6) is -0.681. The van der Waals surface area contributed by atoms with Gasteiger partial charge in [-0.1, -0.05) is 53.5 Å². The topological polar surface area (TPSA) is 110 Å². The van der Waals surface area contributed by atoms with Crippen molar-refractivity contribution in [3.63, 3.8) is 0 Å². The summed E-state index contributed by atoms with van der Waals surface area (Å²) in [6.07, 6.45) is 0. The number of ether oxygens (including phenoxy) is 1. The molecule has 0 saturated carbocycles. The number of nitrogens with one attached hydrogen (secondary N) is 1. The first kappa shape index (κ1) is 22.6. The molecule has 0 atom stereocenters. The van der Waals surface area contributed by atoms with Gasteiger partial charge in [0.25, 0.3) is 11.5 Å². The average Bonchev–Trinajstić information content (AvgIpc) is 2.75. The molecule has 10 heteroatoms. The molecule has 0 aliphatic rings. The Balaban J connectivity index is 2.11. The molecule has 0 bridgehead atoms.